The van der Waals surface area contributed by atoms with Crippen LogP contribution in [0.15, 0.2) is 47.4 Å². The summed E-state index contributed by atoms with van der Waals surface area (Å²) < 4.78 is 39.6. The monoisotopic (exact) mass is 319 g/mol. The van der Waals surface area contributed by atoms with E-state index in [0.717, 1.165) is 0 Å². The van der Waals surface area contributed by atoms with E-state index >= 15 is 0 Å². The Balaban J connectivity index is 2.33. The van der Waals surface area contributed by atoms with Crippen molar-refractivity contribution in [3.05, 3.63) is 48.0 Å². The largest absolute Gasteiger partial charge is 0.496 e. The smallest absolute Gasteiger partial charge is 0.339 e. The van der Waals surface area contributed by atoms with Gasteiger partial charge in [-0.1, -0.05) is 0 Å². The van der Waals surface area contributed by atoms with Crippen LogP contribution in [-0.4, -0.2) is 22.6 Å². The molecule has 6 nitrogen and oxygen atoms in total. The zero-order valence-electron chi connectivity index (χ0n) is 11.9. The Hall–Kier alpha value is -2.72. The fourth-order valence-corrected chi connectivity index (χ4v) is 2.62. The molecule has 2 aromatic carbocycles. The van der Waals surface area contributed by atoms with E-state index in [1.807, 2.05) is 6.07 Å². The molecule has 0 atom stereocenters. The molecule has 22 heavy (non-hydrogen) atoms. The molecule has 0 radical (unpaired) electrons. The minimum atomic E-state index is -4.01. The van der Waals surface area contributed by atoms with Crippen molar-refractivity contribution in [1.29, 1.82) is 5.26 Å². The predicted octanol–water partition coefficient (Wildman–Crippen LogP) is 2.34. The molecule has 0 bridgehead atoms. The molecule has 0 fully saturated rings. The van der Waals surface area contributed by atoms with E-state index in [-0.39, 0.29) is 10.6 Å². The van der Waals surface area contributed by atoms with Crippen molar-refractivity contribution >= 4 is 10.1 Å². The van der Waals surface area contributed by atoms with Gasteiger partial charge in [-0.2, -0.15) is 13.7 Å². The van der Waals surface area contributed by atoms with Gasteiger partial charge in [0.25, 0.3) is 0 Å². The van der Waals surface area contributed by atoms with Crippen LogP contribution in [0.25, 0.3) is 0 Å². The number of hydrogen-bond acceptors (Lipinski definition) is 6. The highest BCUT2D eigenvalue weighted by molar-refractivity contribution is 7.87. The molecule has 0 saturated heterocycles. The highest BCUT2D eigenvalue weighted by Gasteiger charge is 2.17. The Kier molecular flexibility index (Phi) is 4.53. The second-order valence-electron chi connectivity index (χ2n) is 4.22. The maximum atomic E-state index is 12.2. The van der Waals surface area contributed by atoms with Crippen molar-refractivity contribution in [1.82, 2.24) is 0 Å². The Morgan fingerprint density at radius 2 is 1.41 bits per heavy atom. The summed E-state index contributed by atoms with van der Waals surface area (Å²) in [6.45, 7) is 0. The van der Waals surface area contributed by atoms with Gasteiger partial charge in [-0.3, -0.25) is 0 Å². The van der Waals surface area contributed by atoms with E-state index in [1.54, 1.807) is 6.07 Å². The topological polar surface area (TPSA) is 85.6 Å². The Bertz CT molecular complexity index is 785. The number of benzene rings is 2. The molecule has 7 heteroatoms. The van der Waals surface area contributed by atoms with Gasteiger partial charge in [-0.25, -0.2) is 0 Å². The van der Waals surface area contributed by atoms with Gasteiger partial charge in [0, 0.05) is 18.2 Å². The minimum Gasteiger partial charge on any atom is -0.496 e. The summed E-state index contributed by atoms with van der Waals surface area (Å²) in [6, 6.07) is 11.8. The summed E-state index contributed by atoms with van der Waals surface area (Å²) in [4.78, 5) is -0.0479. The zero-order chi connectivity index (χ0) is 16.2. The molecule has 114 valence electrons. The average molecular weight is 319 g/mol. The third-order valence-corrected chi connectivity index (χ3v) is 4.06. The van der Waals surface area contributed by atoms with Crippen LogP contribution in [0.3, 0.4) is 0 Å². The van der Waals surface area contributed by atoms with E-state index in [0.29, 0.717) is 17.1 Å². The van der Waals surface area contributed by atoms with Crippen molar-refractivity contribution in [2.45, 2.75) is 4.90 Å². The molecule has 0 amide bonds. The SMILES string of the molecule is COc1cc(OC)cc(OS(=O)(=O)c2ccc(C#N)cc2)c1. The molecule has 0 unspecified atom stereocenters. The fourth-order valence-electron chi connectivity index (χ4n) is 1.70. The standard InChI is InChI=1S/C15H13NO5S/c1-19-12-7-13(20-2)9-14(8-12)21-22(17,18)15-5-3-11(10-16)4-6-15/h3-9H,1-2H3. The maximum Gasteiger partial charge on any atom is 0.339 e. The van der Waals surface area contributed by atoms with Crippen molar-refractivity contribution in [3.8, 4) is 23.3 Å². The summed E-state index contributed by atoms with van der Waals surface area (Å²) in [5, 5.41) is 8.72. The van der Waals surface area contributed by atoms with Gasteiger partial charge in [-0.05, 0) is 24.3 Å². The van der Waals surface area contributed by atoms with E-state index in [9.17, 15) is 8.42 Å². The summed E-state index contributed by atoms with van der Waals surface area (Å²) >= 11 is 0. The first-order valence-corrected chi connectivity index (χ1v) is 7.57. The van der Waals surface area contributed by atoms with Crippen LogP contribution in [-0.2, 0) is 10.1 Å². The van der Waals surface area contributed by atoms with E-state index < -0.39 is 10.1 Å². The molecule has 0 N–H and O–H groups in total. The van der Waals surface area contributed by atoms with Gasteiger partial charge in [0.2, 0.25) is 0 Å². The molecular formula is C15H13NO5S. The van der Waals surface area contributed by atoms with E-state index in [4.69, 9.17) is 18.9 Å². The molecule has 0 aliphatic carbocycles. The van der Waals surface area contributed by atoms with Gasteiger partial charge in [-0.15, -0.1) is 0 Å². The van der Waals surface area contributed by atoms with Crippen molar-refractivity contribution in [3.63, 3.8) is 0 Å². The first-order valence-electron chi connectivity index (χ1n) is 6.16. The normalized spacial score (nSPS) is 10.6. The molecule has 0 aromatic heterocycles. The lowest BCUT2D eigenvalue weighted by molar-refractivity contribution is 0.390. The van der Waals surface area contributed by atoms with Gasteiger partial charge in [0.1, 0.15) is 22.1 Å². The Labute approximate surface area is 128 Å². The van der Waals surface area contributed by atoms with Crippen molar-refractivity contribution < 1.29 is 22.1 Å². The van der Waals surface area contributed by atoms with Gasteiger partial charge >= 0.3 is 10.1 Å². The zero-order valence-corrected chi connectivity index (χ0v) is 12.8. The third kappa shape index (κ3) is 3.48. The molecular weight excluding hydrogens is 306 g/mol. The lowest BCUT2D eigenvalue weighted by Crippen LogP contribution is -2.09. The summed E-state index contributed by atoms with van der Waals surface area (Å²) in [5.41, 5.74) is 0.363. The first-order chi connectivity index (χ1) is 10.5. The molecule has 0 aliphatic rings. The quantitative estimate of drug-likeness (QED) is 0.786. The maximum absolute atomic E-state index is 12.2. The van der Waals surface area contributed by atoms with Crippen molar-refractivity contribution in [2.75, 3.05) is 14.2 Å². The van der Waals surface area contributed by atoms with E-state index in [2.05, 4.69) is 0 Å². The van der Waals surface area contributed by atoms with Crippen molar-refractivity contribution in [2.24, 2.45) is 0 Å². The number of methoxy groups -OCH3 is 2. The molecule has 2 aromatic rings. The first kappa shape index (κ1) is 15.7. The Morgan fingerprint density at radius 3 is 1.86 bits per heavy atom. The predicted molar refractivity (Wildman–Crippen MR) is 78.5 cm³/mol. The number of nitrogens with zero attached hydrogens (tertiary/aromatic N) is 1. The molecule has 0 spiro atoms. The third-order valence-electron chi connectivity index (χ3n) is 2.80. The van der Waals surface area contributed by atoms with Crippen LogP contribution >= 0.6 is 0 Å². The summed E-state index contributed by atoms with van der Waals surface area (Å²) in [5.74, 6) is 0.884. The van der Waals surface area contributed by atoms with Gasteiger partial charge in [0.15, 0.2) is 0 Å². The van der Waals surface area contributed by atoms with Gasteiger partial charge in [0.05, 0.1) is 25.9 Å². The van der Waals surface area contributed by atoms with Crippen LogP contribution in [0.1, 0.15) is 5.56 Å². The molecule has 2 rings (SSSR count). The molecule has 0 saturated carbocycles. The summed E-state index contributed by atoms with van der Waals surface area (Å²) in [6.07, 6.45) is 0. The van der Waals surface area contributed by atoms with Crippen LogP contribution in [0.4, 0.5) is 0 Å². The van der Waals surface area contributed by atoms with Crippen LogP contribution < -0.4 is 13.7 Å². The minimum absolute atomic E-state index is 0.0479. The lowest BCUT2D eigenvalue weighted by Gasteiger charge is -2.10. The van der Waals surface area contributed by atoms with Crippen LogP contribution in [0.5, 0.6) is 17.2 Å². The van der Waals surface area contributed by atoms with Crippen LogP contribution in [0, 0.1) is 11.3 Å². The van der Waals surface area contributed by atoms with Crippen LogP contribution in [0.2, 0.25) is 0 Å². The average Bonchev–Trinajstić information content (AvgIpc) is 2.54. The lowest BCUT2D eigenvalue weighted by atomic mass is 10.2. The number of nitriles is 1. The number of ether oxygens (including phenoxy) is 2. The second-order valence-corrected chi connectivity index (χ2v) is 5.77. The highest BCUT2D eigenvalue weighted by Crippen LogP contribution is 2.29. The second kappa shape index (κ2) is 6.37. The van der Waals surface area contributed by atoms with Gasteiger partial charge < -0.3 is 13.7 Å². The number of rotatable bonds is 5. The molecule has 0 heterocycles. The Morgan fingerprint density at radius 1 is 0.909 bits per heavy atom. The number of hydrogen-bond donors (Lipinski definition) is 0. The summed E-state index contributed by atoms with van der Waals surface area (Å²) in [7, 11) is -1.10. The fraction of sp³-hybridized carbons (Fsp3) is 0.133. The van der Waals surface area contributed by atoms with E-state index in [1.165, 1.54) is 50.6 Å². The highest BCUT2D eigenvalue weighted by atomic mass is 32.2. The molecule has 0 aliphatic heterocycles.